The van der Waals surface area contributed by atoms with Gasteiger partial charge in [-0.1, -0.05) is 32.1 Å². The zero-order chi connectivity index (χ0) is 11.8. The van der Waals surface area contributed by atoms with Gasteiger partial charge < -0.3 is 11.1 Å². The van der Waals surface area contributed by atoms with Crippen molar-refractivity contribution in [2.45, 2.75) is 20.3 Å². The van der Waals surface area contributed by atoms with E-state index in [0.717, 1.165) is 18.3 Å². The maximum absolute atomic E-state index is 5.54. The van der Waals surface area contributed by atoms with Crippen LogP contribution in [-0.4, -0.2) is 16.5 Å². The van der Waals surface area contributed by atoms with E-state index in [1.54, 1.807) is 0 Å². The lowest BCUT2D eigenvalue weighted by Crippen LogP contribution is -2.14. The first-order valence-corrected chi connectivity index (χ1v) is 5.90. The van der Waals surface area contributed by atoms with Crippen molar-refractivity contribution in [1.82, 2.24) is 4.98 Å². The SMILES string of the molecule is CC1(C)CC1CNc1cccc(C(N)=S)n1. The average molecular weight is 235 g/mol. The molecular weight excluding hydrogens is 218 g/mol. The maximum Gasteiger partial charge on any atom is 0.126 e. The molecule has 0 saturated heterocycles. The van der Waals surface area contributed by atoms with Gasteiger partial charge in [-0.3, -0.25) is 0 Å². The molecule has 1 aromatic rings. The van der Waals surface area contributed by atoms with Crippen LogP contribution in [0.25, 0.3) is 0 Å². The van der Waals surface area contributed by atoms with Crippen LogP contribution in [0, 0.1) is 11.3 Å². The molecule has 0 aliphatic heterocycles. The third kappa shape index (κ3) is 2.50. The summed E-state index contributed by atoms with van der Waals surface area (Å²) in [6.07, 6.45) is 1.29. The van der Waals surface area contributed by atoms with Gasteiger partial charge in [0.25, 0.3) is 0 Å². The molecule has 1 heterocycles. The van der Waals surface area contributed by atoms with Gasteiger partial charge in [-0.2, -0.15) is 0 Å². The smallest absolute Gasteiger partial charge is 0.126 e. The van der Waals surface area contributed by atoms with Crippen molar-refractivity contribution >= 4 is 23.0 Å². The normalized spacial score (nSPS) is 21.5. The van der Waals surface area contributed by atoms with Crippen molar-refractivity contribution in [2.24, 2.45) is 17.1 Å². The van der Waals surface area contributed by atoms with Crippen molar-refractivity contribution in [3.05, 3.63) is 23.9 Å². The summed E-state index contributed by atoms with van der Waals surface area (Å²) in [5.41, 5.74) is 6.70. The third-order valence-electron chi connectivity index (χ3n) is 3.25. The second-order valence-electron chi connectivity index (χ2n) is 5.04. The van der Waals surface area contributed by atoms with E-state index in [1.165, 1.54) is 6.42 Å². The molecule has 3 N–H and O–H groups in total. The van der Waals surface area contributed by atoms with Gasteiger partial charge >= 0.3 is 0 Å². The zero-order valence-electron chi connectivity index (χ0n) is 9.66. The summed E-state index contributed by atoms with van der Waals surface area (Å²) in [6.45, 7) is 5.55. The number of thiocarbonyl (C=S) groups is 1. The Labute approximate surface area is 101 Å². The predicted molar refractivity (Wildman–Crippen MR) is 70.5 cm³/mol. The summed E-state index contributed by atoms with van der Waals surface area (Å²) in [6, 6.07) is 5.69. The van der Waals surface area contributed by atoms with E-state index in [2.05, 4.69) is 24.1 Å². The molecule has 86 valence electrons. The Morgan fingerprint density at radius 3 is 2.88 bits per heavy atom. The molecule has 3 nitrogen and oxygen atoms in total. The van der Waals surface area contributed by atoms with Gasteiger partial charge in [0.15, 0.2) is 0 Å². The molecule has 0 amide bonds. The lowest BCUT2D eigenvalue weighted by Gasteiger charge is -2.07. The standard InChI is InChI=1S/C12H17N3S/c1-12(2)6-8(12)7-14-10-5-3-4-9(15-10)11(13)16/h3-5,8H,6-7H2,1-2H3,(H2,13,16)(H,14,15). The summed E-state index contributed by atoms with van der Waals surface area (Å²) >= 11 is 4.89. The summed E-state index contributed by atoms with van der Waals surface area (Å²) < 4.78 is 0. The van der Waals surface area contributed by atoms with Crippen LogP contribution in [0.15, 0.2) is 18.2 Å². The number of pyridine rings is 1. The van der Waals surface area contributed by atoms with Gasteiger partial charge in [-0.25, -0.2) is 4.98 Å². The first-order chi connectivity index (χ1) is 7.49. The van der Waals surface area contributed by atoms with Crippen molar-refractivity contribution in [1.29, 1.82) is 0 Å². The Hall–Kier alpha value is -1.16. The molecule has 1 aliphatic rings. The summed E-state index contributed by atoms with van der Waals surface area (Å²) in [5.74, 6) is 1.61. The summed E-state index contributed by atoms with van der Waals surface area (Å²) in [5, 5.41) is 3.33. The van der Waals surface area contributed by atoms with Crippen LogP contribution in [0.3, 0.4) is 0 Å². The van der Waals surface area contributed by atoms with Crippen molar-refractivity contribution in [3.8, 4) is 0 Å². The van der Waals surface area contributed by atoms with Crippen LogP contribution in [0.5, 0.6) is 0 Å². The van der Waals surface area contributed by atoms with E-state index < -0.39 is 0 Å². The van der Waals surface area contributed by atoms with E-state index >= 15 is 0 Å². The predicted octanol–water partition coefficient (Wildman–Crippen LogP) is 2.17. The molecule has 0 aromatic carbocycles. The molecule has 4 heteroatoms. The quantitative estimate of drug-likeness (QED) is 0.785. The number of hydrogen-bond donors (Lipinski definition) is 2. The topological polar surface area (TPSA) is 50.9 Å². The van der Waals surface area contributed by atoms with Gasteiger partial charge in [-0.15, -0.1) is 0 Å². The van der Waals surface area contributed by atoms with Gasteiger partial charge in [0.2, 0.25) is 0 Å². The van der Waals surface area contributed by atoms with Crippen LogP contribution >= 0.6 is 12.2 Å². The Morgan fingerprint density at radius 1 is 1.62 bits per heavy atom. The largest absolute Gasteiger partial charge is 0.388 e. The molecule has 1 aliphatic carbocycles. The van der Waals surface area contributed by atoms with E-state index in [-0.39, 0.29) is 0 Å². The Morgan fingerprint density at radius 2 is 2.31 bits per heavy atom. The lowest BCUT2D eigenvalue weighted by molar-refractivity contribution is 0.573. The number of nitrogens with zero attached hydrogens (tertiary/aromatic N) is 1. The van der Waals surface area contributed by atoms with Gasteiger partial charge in [0.1, 0.15) is 10.8 Å². The molecule has 16 heavy (non-hydrogen) atoms. The number of nitrogens with one attached hydrogen (secondary N) is 1. The highest BCUT2D eigenvalue weighted by Gasteiger charge is 2.44. The second-order valence-corrected chi connectivity index (χ2v) is 5.48. The van der Waals surface area contributed by atoms with Crippen LogP contribution < -0.4 is 11.1 Å². The van der Waals surface area contributed by atoms with Crippen LogP contribution in [0.4, 0.5) is 5.82 Å². The molecule has 0 spiro atoms. The highest BCUT2D eigenvalue weighted by molar-refractivity contribution is 7.80. The maximum atomic E-state index is 5.54. The highest BCUT2D eigenvalue weighted by Crippen LogP contribution is 2.51. The summed E-state index contributed by atoms with van der Waals surface area (Å²) in [4.78, 5) is 4.69. The molecule has 1 saturated carbocycles. The first kappa shape index (κ1) is 11.3. The second kappa shape index (κ2) is 4.01. The number of nitrogens with two attached hydrogens (primary N) is 1. The Balaban J connectivity index is 1.95. The van der Waals surface area contributed by atoms with E-state index in [9.17, 15) is 0 Å². The molecule has 0 bridgehead atoms. The van der Waals surface area contributed by atoms with Crippen molar-refractivity contribution < 1.29 is 0 Å². The van der Waals surface area contributed by atoms with Crippen LogP contribution in [-0.2, 0) is 0 Å². The first-order valence-electron chi connectivity index (χ1n) is 5.50. The molecule has 2 rings (SSSR count). The third-order valence-corrected chi connectivity index (χ3v) is 3.46. The average Bonchev–Trinajstić information content (AvgIpc) is 2.84. The van der Waals surface area contributed by atoms with E-state index in [1.807, 2.05) is 18.2 Å². The van der Waals surface area contributed by atoms with Crippen molar-refractivity contribution in [3.63, 3.8) is 0 Å². The minimum absolute atomic E-state index is 0.343. The number of aromatic nitrogens is 1. The lowest BCUT2D eigenvalue weighted by atomic mass is 10.1. The molecule has 1 unspecified atom stereocenters. The molecule has 1 fully saturated rings. The van der Waals surface area contributed by atoms with Crippen LogP contribution in [0.2, 0.25) is 0 Å². The van der Waals surface area contributed by atoms with E-state index in [4.69, 9.17) is 18.0 Å². The fourth-order valence-corrected chi connectivity index (χ4v) is 1.94. The minimum Gasteiger partial charge on any atom is -0.388 e. The van der Waals surface area contributed by atoms with E-state index in [0.29, 0.717) is 16.1 Å². The van der Waals surface area contributed by atoms with Gasteiger partial charge in [0.05, 0.1) is 5.69 Å². The van der Waals surface area contributed by atoms with Crippen LogP contribution in [0.1, 0.15) is 26.0 Å². The molecule has 0 radical (unpaired) electrons. The Kier molecular flexibility index (Phi) is 2.84. The molecular formula is C12H17N3S. The molecule has 1 atom stereocenters. The van der Waals surface area contributed by atoms with Gasteiger partial charge in [-0.05, 0) is 29.9 Å². The monoisotopic (exact) mass is 235 g/mol. The fraction of sp³-hybridized carbons (Fsp3) is 0.500. The number of anilines is 1. The minimum atomic E-state index is 0.343. The highest BCUT2D eigenvalue weighted by atomic mass is 32.1. The number of hydrogen-bond acceptors (Lipinski definition) is 3. The fourth-order valence-electron chi connectivity index (χ4n) is 1.82. The number of rotatable bonds is 4. The zero-order valence-corrected chi connectivity index (χ0v) is 10.5. The molecule has 1 aromatic heterocycles. The van der Waals surface area contributed by atoms with Crippen molar-refractivity contribution in [2.75, 3.05) is 11.9 Å². The Bertz CT molecular complexity index is 414. The van der Waals surface area contributed by atoms with Gasteiger partial charge in [0, 0.05) is 6.54 Å². The summed E-state index contributed by atoms with van der Waals surface area (Å²) in [7, 11) is 0.